The lowest BCUT2D eigenvalue weighted by Crippen LogP contribution is -2.03. The molecule has 1 N–H and O–H groups in total. The Kier molecular flexibility index (Phi) is 3.89. The number of hydrogen-bond donors (Lipinski definition) is 1. The number of aliphatic hydroxyl groups excluding tert-OH is 1. The molecule has 0 aliphatic rings. The number of nitrogens with zero attached hydrogens (tertiary/aromatic N) is 1. The van der Waals surface area contributed by atoms with E-state index in [0.717, 1.165) is 0 Å². The highest BCUT2D eigenvalue weighted by Gasteiger charge is 2.15. The van der Waals surface area contributed by atoms with Crippen molar-refractivity contribution < 1.29 is 14.2 Å². The van der Waals surface area contributed by atoms with Crippen molar-refractivity contribution in [1.29, 1.82) is 0 Å². The second kappa shape index (κ2) is 5.60. The van der Waals surface area contributed by atoms with Gasteiger partial charge in [-0.3, -0.25) is 4.98 Å². The first-order valence-corrected chi connectivity index (χ1v) is 5.72. The molecule has 18 heavy (non-hydrogen) atoms. The quantitative estimate of drug-likeness (QED) is 0.903. The molecule has 1 aromatic carbocycles. The Morgan fingerprint density at radius 1 is 1.33 bits per heavy atom. The molecular weight excluding hydrogens is 233 g/mol. The van der Waals surface area contributed by atoms with Crippen LogP contribution in [0, 0.1) is 5.82 Å². The van der Waals surface area contributed by atoms with E-state index in [4.69, 9.17) is 4.74 Å². The standard InChI is InChI=1S/C14H14FNO2/c1-2-18-11-7-10(8-16-9-11)14(17)12-5-3-4-6-13(12)15/h3-9,14,17H,2H2,1H3. The molecule has 0 saturated heterocycles. The van der Waals surface area contributed by atoms with Gasteiger partial charge in [0, 0.05) is 17.3 Å². The summed E-state index contributed by atoms with van der Waals surface area (Å²) < 4.78 is 18.9. The van der Waals surface area contributed by atoms with Crippen LogP contribution in [0.2, 0.25) is 0 Å². The molecule has 3 nitrogen and oxygen atoms in total. The SMILES string of the molecule is CCOc1cncc(C(O)c2ccccc2F)c1. The van der Waals surface area contributed by atoms with Gasteiger partial charge in [-0.25, -0.2) is 4.39 Å². The van der Waals surface area contributed by atoms with Crippen LogP contribution in [0.25, 0.3) is 0 Å². The highest BCUT2D eigenvalue weighted by Crippen LogP contribution is 2.25. The molecule has 0 bridgehead atoms. The van der Waals surface area contributed by atoms with Crippen molar-refractivity contribution in [3.8, 4) is 5.75 Å². The van der Waals surface area contributed by atoms with Crippen LogP contribution in [0.4, 0.5) is 4.39 Å². The fraction of sp³-hybridized carbons (Fsp3) is 0.214. The molecule has 2 rings (SSSR count). The van der Waals surface area contributed by atoms with Crippen LogP contribution in [0.3, 0.4) is 0 Å². The highest BCUT2D eigenvalue weighted by molar-refractivity contribution is 5.33. The summed E-state index contributed by atoms with van der Waals surface area (Å²) >= 11 is 0. The monoisotopic (exact) mass is 247 g/mol. The van der Waals surface area contributed by atoms with Crippen LogP contribution in [-0.4, -0.2) is 16.7 Å². The zero-order chi connectivity index (χ0) is 13.0. The van der Waals surface area contributed by atoms with Crippen LogP contribution < -0.4 is 4.74 Å². The highest BCUT2D eigenvalue weighted by atomic mass is 19.1. The normalized spacial score (nSPS) is 12.2. The second-order valence-corrected chi connectivity index (χ2v) is 3.81. The zero-order valence-corrected chi connectivity index (χ0v) is 10.0. The fourth-order valence-electron chi connectivity index (χ4n) is 1.71. The summed E-state index contributed by atoms with van der Waals surface area (Å²) in [5, 5.41) is 10.1. The first-order valence-electron chi connectivity index (χ1n) is 5.72. The van der Waals surface area contributed by atoms with Crippen LogP contribution in [0.15, 0.2) is 42.7 Å². The molecule has 2 aromatic rings. The lowest BCUT2D eigenvalue weighted by atomic mass is 10.0. The number of aliphatic hydroxyl groups is 1. The molecule has 0 radical (unpaired) electrons. The van der Waals surface area contributed by atoms with Gasteiger partial charge in [-0.15, -0.1) is 0 Å². The lowest BCUT2D eigenvalue weighted by molar-refractivity contribution is 0.213. The van der Waals surface area contributed by atoms with Gasteiger partial charge in [-0.05, 0) is 19.1 Å². The molecule has 1 heterocycles. The lowest BCUT2D eigenvalue weighted by Gasteiger charge is -2.13. The summed E-state index contributed by atoms with van der Waals surface area (Å²) in [5.74, 6) is 0.122. The van der Waals surface area contributed by atoms with Crippen LogP contribution >= 0.6 is 0 Å². The molecule has 4 heteroatoms. The van der Waals surface area contributed by atoms with E-state index in [1.165, 1.54) is 12.3 Å². The minimum atomic E-state index is -1.04. The maximum absolute atomic E-state index is 13.6. The van der Waals surface area contributed by atoms with Gasteiger partial charge >= 0.3 is 0 Å². The smallest absolute Gasteiger partial charge is 0.137 e. The Morgan fingerprint density at radius 2 is 2.11 bits per heavy atom. The minimum Gasteiger partial charge on any atom is -0.492 e. The molecule has 0 spiro atoms. The van der Waals surface area contributed by atoms with E-state index < -0.39 is 11.9 Å². The van der Waals surface area contributed by atoms with Crippen molar-refractivity contribution in [2.45, 2.75) is 13.0 Å². The summed E-state index contributed by atoms with van der Waals surface area (Å²) in [7, 11) is 0. The molecule has 1 aromatic heterocycles. The van der Waals surface area contributed by atoms with E-state index in [0.29, 0.717) is 17.9 Å². The molecule has 94 valence electrons. The molecule has 0 saturated carbocycles. The molecule has 1 atom stereocenters. The predicted octanol–water partition coefficient (Wildman–Crippen LogP) is 2.70. The molecule has 0 aliphatic carbocycles. The summed E-state index contributed by atoms with van der Waals surface area (Å²) in [6, 6.07) is 7.79. The van der Waals surface area contributed by atoms with Crippen LogP contribution in [0.1, 0.15) is 24.2 Å². The van der Waals surface area contributed by atoms with E-state index in [2.05, 4.69) is 4.98 Å². The average molecular weight is 247 g/mol. The molecule has 0 amide bonds. The molecular formula is C14H14FNO2. The van der Waals surface area contributed by atoms with E-state index in [-0.39, 0.29) is 5.56 Å². The number of ether oxygens (including phenoxy) is 1. The Morgan fingerprint density at radius 3 is 2.83 bits per heavy atom. The second-order valence-electron chi connectivity index (χ2n) is 3.81. The third-order valence-electron chi connectivity index (χ3n) is 2.56. The maximum atomic E-state index is 13.6. The summed E-state index contributed by atoms with van der Waals surface area (Å²) in [6.07, 6.45) is 2.01. The van der Waals surface area contributed by atoms with Gasteiger partial charge in [0.05, 0.1) is 12.8 Å². The number of rotatable bonds is 4. The summed E-state index contributed by atoms with van der Waals surface area (Å²) in [6.45, 7) is 2.38. The van der Waals surface area contributed by atoms with Gasteiger partial charge in [0.2, 0.25) is 0 Å². The van der Waals surface area contributed by atoms with Gasteiger partial charge < -0.3 is 9.84 Å². The number of hydrogen-bond acceptors (Lipinski definition) is 3. The number of halogens is 1. The van der Waals surface area contributed by atoms with Crippen LogP contribution in [-0.2, 0) is 0 Å². The first kappa shape index (κ1) is 12.5. The molecule has 0 fully saturated rings. The van der Waals surface area contributed by atoms with E-state index in [1.807, 2.05) is 6.92 Å². The van der Waals surface area contributed by atoms with Gasteiger partial charge in [-0.1, -0.05) is 18.2 Å². The van der Waals surface area contributed by atoms with Gasteiger partial charge in [0.15, 0.2) is 0 Å². The molecule has 0 aliphatic heterocycles. The first-order chi connectivity index (χ1) is 8.72. The summed E-state index contributed by atoms with van der Waals surface area (Å²) in [5.41, 5.74) is 0.735. The van der Waals surface area contributed by atoms with E-state index >= 15 is 0 Å². The third kappa shape index (κ3) is 2.65. The Bertz CT molecular complexity index is 531. The van der Waals surface area contributed by atoms with Crippen molar-refractivity contribution in [1.82, 2.24) is 4.98 Å². The molecule has 1 unspecified atom stereocenters. The average Bonchev–Trinajstić information content (AvgIpc) is 2.39. The Balaban J connectivity index is 2.31. The Labute approximate surface area is 105 Å². The van der Waals surface area contributed by atoms with Crippen molar-refractivity contribution >= 4 is 0 Å². The zero-order valence-electron chi connectivity index (χ0n) is 10.0. The minimum absolute atomic E-state index is 0.230. The fourth-order valence-corrected chi connectivity index (χ4v) is 1.71. The van der Waals surface area contributed by atoms with Crippen molar-refractivity contribution in [2.75, 3.05) is 6.61 Å². The maximum Gasteiger partial charge on any atom is 0.137 e. The largest absolute Gasteiger partial charge is 0.492 e. The van der Waals surface area contributed by atoms with Gasteiger partial charge in [0.1, 0.15) is 17.7 Å². The number of pyridine rings is 1. The number of benzene rings is 1. The number of aromatic nitrogens is 1. The Hall–Kier alpha value is -1.94. The van der Waals surface area contributed by atoms with E-state index in [1.54, 1.807) is 30.5 Å². The third-order valence-corrected chi connectivity index (χ3v) is 2.56. The van der Waals surface area contributed by atoms with Gasteiger partial charge in [0.25, 0.3) is 0 Å². The van der Waals surface area contributed by atoms with Crippen molar-refractivity contribution in [2.24, 2.45) is 0 Å². The summed E-state index contributed by atoms with van der Waals surface area (Å²) in [4.78, 5) is 3.97. The van der Waals surface area contributed by atoms with E-state index in [9.17, 15) is 9.50 Å². The van der Waals surface area contributed by atoms with Crippen LogP contribution in [0.5, 0.6) is 5.75 Å². The van der Waals surface area contributed by atoms with Gasteiger partial charge in [-0.2, -0.15) is 0 Å². The predicted molar refractivity (Wildman–Crippen MR) is 65.9 cm³/mol. The van der Waals surface area contributed by atoms with Crippen molar-refractivity contribution in [3.05, 3.63) is 59.7 Å². The van der Waals surface area contributed by atoms with Crippen molar-refractivity contribution in [3.63, 3.8) is 0 Å². The topological polar surface area (TPSA) is 42.4 Å².